The maximum atomic E-state index is 12.4. The maximum Gasteiger partial charge on any atom is 0.311 e. The van der Waals surface area contributed by atoms with Crippen LogP contribution in [0.1, 0.15) is 17.5 Å². The predicted octanol–water partition coefficient (Wildman–Crippen LogP) is 3.51. The number of ether oxygens (including phenoxy) is 1. The first-order valence-corrected chi connectivity index (χ1v) is 10.2. The Kier molecular flexibility index (Phi) is 6.69. The first-order chi connectivity index (χ1) is 14.7. The quantitative estimate of drug-likeness (QED) is 0.376. The number of nitro groups is 1. The number of nitrogens with one attached hydrogen (secondary N) is 1. The van der Waals surface area contributed by atoms with Gasteiger partial charge in [-0.05, 0) is 49.2 Å². The van der Waals surface area contributed by atoms with E-state index in [9.17, 15) is 24.5 Å². The molecule has 0 aliphatic carbocycles. The van der Waals surface area contributed by atoms with E-state index in [1.807, 2.05) is 19.9 Å². The number of benzene rings is 2. The van der Waals surface area contributed by atoms with Crippen molar-refractivity contribution in [1.82, 2.24) is 0 Å². The van der Waals surface area contributed by atoms with Crippen molar-refractivity contribution in [3.05, 3.63) is 62.1 Å². The molecule has 0 spiro atoms. The molecule has 31 heavy (non-hydrogen) atoms. The fourth-order valence-electron chi connectivity index (χ4n) is 3.23. The number of halogens is 1. The Balaban J connectivity index is 1.55. The van der Waals surface area contributed by atoms with E-state index in [4.69, 9.17) is 4.74 Å². The highest BCUT2D eigenvalue weighted by Crippen LogP contribution is 2.28. The van der Waals surface area contributed by atoms with Crippen molar-refractivity contribution in [1.29, 1.82) is 0 Å². The van der Waals surface area contributed by atoms with Crippen LogP contribution < -0.4 is 10.2 Å². The minimum Gasteiger partial charge on any atom is -0.455 e. The van der Waals surface area contributed by atoms with Gasteiger partial charge in [-0.1, -0.05) is 15.9 Å². The number of nitrogens with zero attached hydrogens (tertiary/aromatic N) is 2. The normalized spacial score (nSPS) is 15.6. The van der Waals surface area contributed by atoms with Crippen LogP contribution in [-0.4, -0.2) is 35.9 Å². The minimum absolute atomic E-state index is 0.0531. The van der Waals surface area contributed by atoms with E-state index in [0.29, 0.717) is 11.4 Å². The zero-order chi connectivity index (χ0) is 22.7. The van der Waals surface area contributed by atoms with E-state index < -0.39 is 29.3 Å². The molecular formula is C21H20BrN3O6. The second-order valence-electron chi connectivity index (χ2n) is 7.18. The Bertz CT molecular complexity index is 1050. The molecule has 0 unspecified atom stereocenters. The number of carbonyl (C=O) groups excluding carboxylic acids is 3. The number of rotatable bonds is 6. The molecule has 162 valence electrons. The van der Waals surface area contributed by atoms with Crippen molar-refractivity contribution in [2.75, 3.05) is 23.4 Å². The third-order valence-electron chi connectivity index (χ3n) is 5.17. The molecule has 1 heterocycles. The van der Waals surface area contributed by atoms with Crippen molar-refractivity contribution in [2.24, 2.45) is 5.92 Å². The summed E-state index contributed by atoms with van der Waals surface area (Å²) >= 11 is 3.43. The molecular weight excluding hydrogens is 470 g/mol. The average molecular weight is 490 g/mol. The molecule has 1 aliphatic heterocycles. The van der Waals surface area contributed by atoms with Crippen molar-refractivity contribution in [3.8, 4) is 0 Å². The summed E-state index contributed by atoms with van der Waals surface area (Å²) in [6.07, 6.45) is -0.0531. The lowest BCUT2D eigenvalue weighted by atomic mass is 10.1. The first-order valence-electron chi connectivity index (χ1n) is 9.44. The summed E-state index contributed by atoms with van der Waals surface area (Å²) < 4.78 is 6.04. The highest BCUT2D eigenvalue weighted by Gasteiger charge is 2.36. The van der Waals surface area contributed by atoms with Gasteiger partial charge in [0.25, 0.3) is 11.6 Å². The fraction of sp³-hybridized carbons (Fsp3) is 0.286. The van der Waals surface area contributed by atoms with Crippen LogP contribution in [0.4, 0.5) is 17.1 Å². The molecule has 0 radical (unpaired) electrons. The van der Waals surface area contributed by atoms with Crippen LogP contribution in [-0.2, 0) is 19.1 Å². The van der Waals surface area contributed by atoms with Crippen molar-refractivity contribution in [3.63, 3.8) is 0 Å². The van der Waals surface area contributed by atoms with Crippen LogP contribution in [0.5, 0.6) is 0 Å². The molecule has 3 rings (SSSR count). The topological polar surface area (TPSA) is 119 Å². The highest BCUT2D eigenvalue weighted by molar-refractivity contribution is 9.10. The number of nitro benzene ring substituents is 1. The predicted molar refractivity (Wildman–Crippen MR) is 117 cm³/mol. The second-order valence-corrected chi connectivity index (χ2v) is 8.03. The molecule has 0 saturated carbocycles. The van der Waals surface area contributed by atoms with Gasteiger partial charge in [-0.15, -0.1) is 0 Å². The van der Waals surface area contributed by atoms with Gasteiger partial charge in [0, 0.05) is 40.9 Å². The van der Waals surface area contributed by atoms with Crippen LogP contribution in [0.3, 0.4) is 0 Å². The van der Waals surface area contributed by atoms with E-state index in [1.54, 1.807) is 6.07 Å². The van der Waals surface area contributed by atoms with Gasteiger partial charge in [0.15, 0.2) is 6.61 Å². The van der Waals surface area contributed by atoms with Crippen molar-refractivity contribution >= 4 is 50.8 Å². The van der Waals surface area contributed by atoms with Gasteiger partial charge in [-0.2, -0.15) is 0 Å². The summed E-state index contributed by atoms with van der Waals surface area (Å²) in [7, 11) is 0. The summed E-state index contributed by atoms with van der Waals surface area (Å²) in [6.45, 7) is 3.42. The molecule has 10 heteroatoms. The first kappa shape index (κ1) is 22.4. The molecule has 1 N–H and O–H groups in total. The monoisotopic (exact) mass is 489 g/mol. The maximum absolute atomic E-state index is 12.4. The number of amides is 2. The lowest BCUT2D eigenvalue weighted by Crippen LogP contribution is -2.28. The molecule has 2 aromatic rings. The Morgan fingerprint density at radius 3 is 2.52 bits per heavy atom. The Labute approximate surface area is 186 Å². The summed E-state index contributed by atoms with van der Waals surface area (Å²) in [5.41, 5.74) is 2.89. The number of non-ortho nitro benzene ring substituents is 1. The number of carbonyl (C=O) groups is 3. The molecule has 1 saturated heterocycles. The van der Waals surface area contributed by atoms with Gasteiger partial charge in [0.2, 0.25) is 5.91 Å². The smallest absolute Gasteiger partial charge is 0.311 e. The van der Waals surface area contributed by atoms with Crippen LogP contribution in [0, 0.1) is 29.9 Å². The van der Waals surface area contributed by atoms with E-state index in [2.05, 4.69) is 21.2 Å². The lowest BCUT2D eigenvalue weighted by molar-refractivity contribution is -0.384. The summed E-state index contributed by atoms with van der Waals surface area (Å²) in [6, 6.07) is 9.08. The molecule has 0 bridgehead atoms. The lowest BCUT2D eigenvalue weighted by Gasteiger charge is -2.16. The molecule has 0 aromatic heterocycles. The Hall–Kier alpha value is -3.27. The molecule has 2 amide bonds. The van der Waals surface area contributed by atoms with Gasteiger partial charge >= 0.3 is 5.97 Å². The van der Waals surface area contributed by atoms with Crippen LogP contribution in [0.15, 0.2) is 40.9 Å². The summed E-state index contributed by atoms with van der Waals surface area (Å²) in [4.78, 5) is 48.4. The summed E-state index contributed by atoms with van der Waals surface area (Å²) in [5, 5.41) is 13.5. The third kappa shape index (κ3) is 5.08. The largest absolute Gasteiger partial charge is 0.455 e. The zero-order valence-electron chi connectivity index (χ0n) is 16.9. The van der Waals surface area contributed by atoms with E-state index in [1.165, 1.54) is 29.2 Å². The van der Waals surface area contributed by atoms with Crippen molar-refractivity contribution < 1.29 is 24.0 Å². The number of anilines is 2. The standard InChI is InChI=1S/C21H20BrN3O6/c1-12-13(2)18(8-7-17(12)22)23-19(26)11-31-21(28)14-9-20(27)24(10-14)15-3-5-16(6-4-15)25(29)30/h3-8,14H,9-11H2,1-2H3,(H,23,26)/t14-/m1/s1. The number of esters is 1. The average Bonchev–Trinajstić information content (AvgIpc) is 3.14. The molecule has 2 aromatic carbocycles. The van der Waals surface area contributed by atoms with E-state index in [0.717, 1.165) is 15.6 Å². The molecule has 1 aliphatic rings. The number of hydrogen-bond donors (Lipinski definition) is 1. The van der Waals surface area contributed by atoms with Crippen LogP contribution in [0.2, 0.25) is 0 Å². The number of hydrogen-bond acceptors (Lipinski definition) is 6. The van der Waals surface area contributed by atoms with Crippen LogP contribution >= 0.6 is 15.9 Å². The Morgan fingerprint density at radius 1 is 1.19 bits per heavy atom. The third-order valence-corrected chi connectivity index (χ3v) is 6.03. The van der Waals surface area contributed by atoms with Gasteiger partial charge in [0.05, 0.1) is 10.8 Å². The van der Waals surface area contributed by atoms with Gasteiger partial charge in [-0.3, -0.25) is 24.5 Å². The van der Waals surface area contributed by atoms with Crippen molar-refractivity contribution in [2.45, 2.75) is 20.3 Å². The molecule has 9 nitrogen and oxygen atoms in total. The highest BCUT2D eigenvalue weighted by atomic mass is 79.9. The van der Waals surface area contributed by atoms with Gasteiger partial charge < -0.3 is 15.0 Å². The van der Waals surface area contributed by atoms with E-state index >= 15 is 0 Å². The summed E-state index contributed by atoms with van der Waals surface area (Å²) in [5.74, 6) is -2.13. The zero-order valence-corrected chi connectivity index (χ0v) is 18.5. The molecule has 1 atom stereocenters. The van der Waals surface area contributed by atoms with Gasteiger partial charge in [0.1, 0.15) is 0 Å². The minimum atomic E-state index is -0.716. The SMILES string of the molecule is Cc1c(Br)ccc(NC(=O)COC(=O)[C@@H]2CC(=O)N(c3ccc([N+](=O)[O-])cc3)C2)c1C. The fourth-order valence-corrected chi connectivity index (χ4v) is 3.66. The Morgan fingerprint density at radius 2 is 1.87 bits per heavy atom. The molecule has 1 fully saturated rings. The van der Waals surface area contributed by atoms with E-state index in [-0.39, 0.29) is 24.6 Å². The van der Waals surface area contributed by atoms with Crippen LogP contribution in [0.25, 0.3) is 0 Å². The second kappa shape index (κ2) is 9.25. The van der Waals surface area contributed by atoms with Gasteiger partial charge in [-0.25, -0.2) is 0 Å².